The van der Waals surface area contributed by atoms with Gasteiger partial charge in [0.25, 0.3) is 0 Å². The van der Waals surface area contributed by atoms with Gasteiger partial charge in [-0.1, -0.05) is 152 Å². The van der Waals surface area contributed by atoms with Crippen molar-refractivity contribution in [2.24, 2.45) is 0 Å². The van der Waals surface area contributed by atoms with Crippen LogP contribution in [0, 0.1) is 0 Å². The van der Waals surface area contributed by atoms with Gasteiger partial charge in [0.05, 0.1) is 33.1 Å². The Labute approximate surface area is 357 Å². The summed E-state index contributed by atoms with van der Waals surface area (Å²) < 4.78 is 4.95. The summed E-state index contributed by atoms with van der Waals surface area (Å²) in [6.45, 7) is 0. The zero-order chi connectivity index (χ0) is 40.5. The van der Waals surface area contributed by atoms with Crippen molar-refractivity contribution < 1.29 is 0 Å². The lowest BCUT2D eigenvalue weighted by Gasteiger charge is -2.10. The molecule has 0 bridgehead atoms. The molecule has 2 nitrogen and oxygen atoms in total. The third kappa shape index (κ3) is 4.75. The summed E-state index contributed by atoms with van der Waals surface area (Å²) in [5, 5.41) is 10.3. The number of benzene rings is 10. The molecule has 2 heteroatoms. The van der Waals surface area contributed by atoms with Crippen LogP contribution < -0.4 is 0 Å². The third-order valence-corrected chi connectivity index (χ3v) is 13.6. The molecule has 0 unspecified atom stereocenters. The normalized spacial score (nSPS) is 12.2. The average molecular weight is 785 g/mol. The predicted octanol–water partition coefficient (Wildman–Crippen LogP) is 16.3. The largest absolute Gasteiger partial charge is 0.308 e. The van der Waals surface area contributed by atoms with Crippen molar-refractivity contribution in [2.75, 3.05) is 0 Å². The van der Waals surface area contributed by atoms with E-state index in [2.05, 4.69) is 227 Å². The van der Waals surface area contributed by atoms with Crippen molar-refractivity contribution in [1.82, 2.24) is 8.80 Å². The van der Waals surface area contributed by atoms with Crippen LogP contribution >= 0.6 is 0 Å². The number of hydrogen-bond acceptors (Lipinski definition) is 0. The summed E-state index contributed by atoms with van der Waals surface area (Å²) in [5.41, 5.74) is 19.8. The summed E-state index contributed by atoms with van der Waals surface area (Å²) in [5.74, 6) is 0. The van der Waals surface area contributed by atoms with Crippen molar-refractivity contribution in [2.45, 2.75) is 0 Å². The molecule has 0 atom stereocenters. The molecule has 14 rings (SSSR count). The van der Waals surface area contributed by atoms with E-state index in [1.165, 1.54) is 132 Å². The first-order valence-electron chi connectivity index (χ1n) is 21.5. The highest BCUT2D eigenvalue weighted by Crippen LogP contribution is 2.45. The fourth-order valence-electron chi connectivity index (χ4n) is 10.7. The van der Waals surface area contributed by atoms with Gasteiger partial charge in [-0.15, -0.1) is 0 Å². The molecule has 286 valence electrons. The van der Waals surface area contributed by atoms with Crippen molar-refractivity contribution in [3.05, 3.63) is 218 Å². The number of rotatable bonds is 5. The highest BCUT2D eigenvalue weighted by Gasteiger charge is 2.22. The van der Waals surface area contributed by atoms with Gasteiger partial charge in [-0.05, 0) is 122 Å². The van der Waals surface area contributed by atoms with Crippen LogP contribution in [-0.4, -0.2) is 8.80 Å². The topological polar surface area (TPSA) is 8.82 Å². The first-order valence-corrected chi connectivity index (χ1v) is 21.5. The number of para-hydroxylation sites is 3. The molecule has 0 radical (unpaired) electrons. The average Bonchev–Trinajstić information content (AvgIpc) is 4.08. The lowest BCUT2D eigenvalue weighted by atomic mass is 9.94. The van der Waals surface area contributed by atoms with E-state index in [4.69, 9.17) is 0 Å². The highest BCUT2D eigenvalue weighted by atomic mass is 14.9. The summed E-state index contributed by atoms with van der Waals surface area (Å²) in [7, 11) is 0. The standard InChI is InChI=1S/C60H36N2/c1-2-12-37(13-3-1)38-24-26-39(27-25-38)40-14-10-15-41(30-40)42-16-11-17-43(31-42)45-33-53-49-20-6-9-23-57(49)62-58-29-28-44(32-50(58)54(36-45)60(53)62)46-34-51-47-18-4-7-21-55(47)61-56-22-8-5-19-48(56)52(35-46)59(51)61/h1-36H. The van der Waals surface area contributed by atoms with Gasteiger partial charge in [-0.2, -0.15) is 0 Å². The fourth-order valence-corrected chi connectivity index (χ4v) is 10.7. The Morgan fingerprint density at radius 3 is 0.984 bits per heavy atom. The van der Waals surface area contributed by atoms with Gasteiger partial charge in [0.2, 0.25) is 0 Å². The molecule has 62 heavy (non-hydrogen) atoms. The zero-order valence-corrected chi connectivity index (χ0v) is 33.7. The monoisotopic (exact) mass is 784 g/mol. The quantitative estimate of drug-likeness (QED) is 0.164. The first kappa shape index (κ1) is 33.6. The van der Waals surface area contributed by atoms with Crippen LogP contribution in [0.5, 0.6) is 0 Å². The Balaban J connectivity index is 0.923. The van der Waals surface area contributed by atoms with E-state index in [1.807, 2.05) is 0 Å². The minimum Gasteiger partial charge on any atom is -0.308 e. The van der Waals surface area contributed by atoms with Crippen molar-refractivity contribution in [1.29, 1.82) is 0 Å². The molecule has 10 aromatic carbocycles. The van der Waals surface area contributed by atoms with Crippen LogP contribution in [0.15, 0.2) is 218 Å². The lowest BCUT2D eigenvalue weighted by Crippen LogP contribution is -1.85. The van der Waals surface area contributed by atoms with Crippen LogP contribution in [0.4, 0.5) is 0 Å². The minimum absolute atomic E-state index is 1.21. The molecule has 0 N–H and O–H groups in total. The minimum atomic E-state index is 1.21. The second-order valence-electron chi connectivity index (χ2n) is 16.9. The third-order valence-electron chi connectivity index (χ3n) is 13.6. The molecular weight excluding hydrogens is 749 g/mol. The zero-order valence-electron chi connectivity index (χ0n) is 33.7. The highest BCUT2D eigenvalue weighted by molar-refractivity contribution is 6.26. The lowest BCUT2D eigenvalue weighted by molar-refractivity contribution is 1.37. The molecule has 0 aliphatic rings. The maximum atomic E-state index is 2.49. The van der Waals surface area contributed by atoms with E-state index in [1.54, 1.807) is 0 Å². The van der Waals surface area contributed by atoms with Crippen LogP contribution in [0.25, 0.3) is 132 Å². The Bertz CT molecular complexity index is 3990. The summed E-state index contributed by atoms with van der Waals surface area (Å²) >= 11 is 0. The van der Waals surface area contributed by atoms with Crippen LogP contribution in [-0.2, 0) is 0 Å². The van der Waals surface area contributed by atoms with Gasteiger partial charge < -0.3 is 8.80 Å². The van der Waals surface area contributed by atoms with Gasteiger partial charge >= 0.3 is 0 Å². The molecule has 0 saturated heterocycles. The van der Waals surface area contributed by atoms with Gasteiger partial charge in [0.1, 0.15) is 0 Å². The predicted molar refractivity (Wildman–Crippen MR) is 263 cm³/mol. The molecule has 0 aliphatic heterocycles. The molecule has 0 aliphatic carbocycles. The Kier molecular flexibility index (Phi) is 6.86. The number of aromatic nitrogens is 2. The maximum absolute atomic E-state index is 2.49. The van der Waals surface area contributed by atoms with Crippen molar-refractivity contribution >= 4 is 76.2 Å². The maximum Gasteiger partial charge on any atom is 0.0620 e. The van der Waals surface area contributed by atoms with Crippen molar-refractivity contribution in [3.8, 4) is 55.6 Å². The molecule has 0 saturated carbocycles. The van der Waals surface area contributed by atoms with E-state index < -0.39 is 0 Å². The van der Waals surface area contributed by atoms with Crippen LogP contribution in [0.1, 0.15) is 0 Å². The second-order valence-corrected chi connectivity index (χ2v) is 16.9. The smallest absolute Gasteiger partial charge is 0.0620 e. The van der Waals surface area contributed by atoms with Crippen LogP contribution in [0.2, 0.25) is 0 Å². The second kappa shape index (κ2) is 12.7. The Morgan fingerprint density at radius 1 is 0.177 bits per heavy atom. The molecule has 0 spiro atoms. The van der Waals surface area contributed by atoms with Crippen LogP contribution in [0.3, 0.4) is 0 Å². The fraction of sp³-hybridized carbons (Fsp3) is 0. The molecule has 4 heterocycles. The molecule has 4 aromatic heterocycles. The van der Waals surface area contributed by atoms with E-state index in [9.17, 15) is 0 Å². The number of nitrogens with zero attached hydrogens (tertiary/aromatic N) is 2. The number of fused-ring (bicyclic) bond motifs is 12. The summed E-state index contributed by atoms with van der Waals surface area (Å²) in [4.78, 5) is 0. The van der Waals surface area contributed by atoms with E-state index in [-0.39, 0.29) is 0 Å². The summed E-state index contributed by atoms with van der Waals surface area (Å²) in [6.07, 6.45) is 0. The molecule has 0 amide bonds. The van der Waals surface area contributed by atoms with Gasteiger partial charge in [0, 0.05) is 43.1 Å². The molecule has 0 fully saturated rings. The SMILES string of the molecule is c1ccc(-c2ccc(-c3cccc(-c4cccc(-c5cc6c7ccccc7n7c8ccc(-c9cc%10c%11ccccc%11n%11c%12ccccc%12c(c9)c%10%11)cc8c(c5)c67)c4)c3)cc2)cc1. The van der Waals surface area contributed by atoms with E-state index in [0.29, 0.717) is 0 Å². The Hall–Kier alpha value is -8.20. The van der Waals surface area contributed by atoms with Gasteiger partial charge in [0.15, 0.2) is 0 Å². The van der Waals surface area contributed by atoms with Gasteiger partial charge in [-0.3, -0.25) is 0 Å². The molecular formula is C60H36N2. The Morgan fingerprint density at radius 2 is 0.484 bits per heavy atom. The summed E-state index contributed by atoms with van der Waals surface area (Å²) in [6, 6.07) is 80.9. The van der Waals surface area contributed by atoms with Gasteiger partial charge in [-0.25, -0.2) is 0 Å². The van der Waals surface area contributed by atoms with E-state index in [0.717, 1.165) is 0 Å². The first-order chi connectivity index (χ1) is 30.7. The number of hydrogen-bond donors (Lipinski definition) is 0. The van der Waals surface area contributed by atoms with E-state index >= 15 is 0 Å². The van der Waals surface area contributed by atoms with Crippen molar-refractivity contribution in [3.63, 3.8) is 0 Å². The molecule has 14 aromatic rings.